The Balaban J connectivity index is 0.972. The number of hydrogen-bond acceptors (Lipinski definition) is 7. The molecule has 4 aromatic rings. The second kappa shape index (κ2) is 16.2. The summed E-state index contributed by atoms with van der Waals surface area (Å²) in [4.78, 5) is 5.11. The molecule has 0 atom stereocenters. The summed E-state index contributed by atoms with van der Waals surface area (Å²) < 4.78 is 11.9. The van der Waals surface area contributed by atoms with E-state index in [2.05, 4.69) is 63.6 Å². The van der Waals surface area contributed by atoms with Crippen molar-refractivity contribution in [2.24, 2.45) is 11.5 Å². The molecule has 0 aromatic heterocycles. The number of ether oxygens (including phenoxy) is 2. The number of nitrogens with one attached hydrogen (secondary N) is 1. The fourth-order valence-electron chi connectivity index (χ4n) is 5.32. The van der Waals surface area contributed by atoms with Gasteiger partial charge >= 0.3 is 0 Å². The Morgan fingerprint density at radius 1 is 0.558 bits per heavy atom. The van der Waals surface area contributed by atoms with E-state index in [1.54, 1.807) is 0 Å². The van der Waals surface area contributed by atoms with Gasteiger partial charge in [-0.2, -0.15) is 0 Å². The molecule has 1 saturated heterocycles. The summed E-state index contributed by atoms with van der Waals surface area (Å²) in [5.41, 5.74) is 18.6. The maximum Gasteiger partial charge on any atom is 0.119 e. The van der Waals surface area contributed by atoms with E-state index in [1.165, 1.54) is 22.3 Å². The highest BCUT2D eigenvalue weighted by atomic mass is 16.5. The third-order valence-corrected chi connectivity index (χ3v) is 7.92. The van der Waals surface area contributed by atoms with E-state index in [9.17, 15) is 0 Å². The first-order valence-electron chi connectivity index (χ1n) is 15.3. The molecule has 5 N–H and O–H groups in total. The van der Waals surface area contributed by atoms with Crippen LogP contribution in [0.2, 0.25) is 0 Å². The van der Waals surface area contributed by atoms with Crippen molar-refractivity contribution in [2.75, 3.05) is 39.3 Å². The predicted octanol–water partition coefficient (Wildman–Crippen LogP) is 4.67. The van der Waals surface area contributed by atoms with Crippen LogP contribution in [-0.2, 0) is 39.4 Å². The number of rotatable bonds is 15. The number of benzene rings is 4. The van der Waals surface area contributed by atoms with Crippen molar-refractivity contribution in [3.05, 3.63) is 130 Å². The first-order chi connectivity index (χ1) is 21.2. The summed E-state index contributed by atoms with van der Waals surface area (Å²) in [5, 5.41) is 3.62. The van der Waals surface area contributed by atoms with Gasteiger partial charge in [0.1, 0.15) is 24.7 Å². The van der Waals surface area contributed by atoms with E-state index < -0.39 is 0 Å². The summed E-state index contributed by atoms with van der Waals surface area (Å²) in [5.74, 6) is 1.74. The Morgan fingerprint density at radius 2 is 1.05 bits per heavy atom. The standard InChI is InChI=1S/C36H45N5O2/c37-23-29-7-11-35(12-8-29)42-27-33-5-1-3-31(21-33)25-39-15-16-40-17-19-41(20-18-40)26-32-4-2-6-34(22-32)28-43-36-13-9-30(24-38)10-14-36/h1-14,21-22,39H,15-20,23-28,37-38H2. The third-order valence-electron chi connectivity index (χ3n) is 7.92. The Morgan fingerprint density at radius 3 is 1.60 bits per heavy atom. The van der Waals surface area contributed by atoms with Crippen LogP contribution in [-0.4, -0.2) is 49.1 Å². The zero-order valence-corrected chi connectivity index (χ0v) is 25.1. The van der Waals surface area contributed by atoms with Gasteiger partial charge in [0, 0.05) is 65.4 Å². The molecule has 7 nitrogen and oxygen atoms in total. The molecule has 5 rings (SSSR count). The largest absolute Gasteiger partial charge is 0.489 e. The van der Waals surface area contributed by atoms with E-state index in [4.69, 9.17) is 20.9 Å². The fraction of sp³-hybridized carbons (Fsp3) is 0.333. The second-order valence-electron chi connectivity index (χ2n) is 11.2. The molecule has 1 aliphatic rings. The quantitative estimate of drug-likeness (QED) is 0.177. The van der Waals surface area contributed by atoms with Gasteiger partial charge in [0.2, 0.25) is 0 Å². The molecule has 1 fully saturated rings. The van der Waals surface area contributed by atoms with E-state index in [0.717, 1.165) is 75.0 Å². The Bertz CT molecular complexity index is 1380. The molecule has 226 valence electrons. The van der Waals surface area contributed by atoms with Crippen LogP contribution in [0.3, 0.4) is 0 Å². The normalized spacial score (nSPS) is 14.1. The summed E-state index contributed by atoms with van der Waals surface area (Å²) in [6, 6.07) is 33.4. The Hall–Kier alpha value is -3.72. The van der Waals surface area contributed by atoms with Gasteiger partial charge in [-0.15, -0.1) is 0 Å². The second-order valence-corrected chi connectivity index (χ2v) is 11.2. The van der Waals surface area contributed by atoms with Crippen molar-refractivity contribution in [1.29, 1.82) is 0 Å². The van der Waals surface area contributed by atoms with Gasteiger partial charge in [-0.3, -0.25) is 9.80 Å². The molecule has 43 heavy (non-hydrogen) atoms. The minimum Gasteiger partial charge on any atom is -0.489 e. The number of hydrogen-bond donors (Lipinski definition) is 3. The zero-order chi connectivity index (χ0) is 29.7. The van der Waals surface area contributed by atoms with Crippen molar-refractivity contribution in [3.8, 4) is 11.5 Å². The third kappa shape index (κ3) is 9.92. The minimum absolute atomic E-state index is 0.546. The van der Waals surface area contributed by atoms with Crippen LogP contribution in [0, 0.1) is 0 Å². The summed E-state index contributed by atoms with van der Waals surface area (Å²) in [7, 11) is 0. The molecule has 0 bridgehead atoms. The molecule has 1 aliphatic heterocycles. The number of nitrogens with two attached hydrogens (primary N) is 2. The highest BCUT2D eigenvalue weighted by Gasteiger charge is 2.16. The van der Waals surface area contributed by atoms with Gasteiger partial charge in [-0.1, -0.05) is 72.8 Å². The molecule has 1 heterocycles. The smallest absolute Gasteiger partial charge is 0.119 e. The van der Waals surface area contributed by atoms with Crippen LogP contribution >= 0.6 is 0 Å². The SMILES string of the molecule is NCc1ccc(OCc2cccc(CNCCN3CCN(Cc4cccc(COc5ccc(CN)cc5)c4)CC3)c2)cc1. The molecule has 4 aromatic carbocycles. The van der Waals surface area contributed by atoms with Gasteiger partial charge in [0.25, 0.3) is 0 Å². The molecule has 0 aliphatic carbocycles. The maximum atomic E-state index is 5.99. The molecule has 0 spiro atoms. The van der Waals surface area contributed by atoms with E-state index in [-0.39, 0.29) is 0 Å². The van der Waals surface area contributed by atoms with Gasteiger partial charge in [-0.05, 0) is 57.6 Å². The zero-order valence-electron chi connectivity index (χ0n) is 25.1. The average molecular weight is 580 g/mol. The van der Waals surface area contributed by atoms with Gasteiger partial charge < -0.3 is 26.3 Å². The van der Waals surface area contributed by atoms with E-state index >= 15 is 0 Å². The van der Waals surface area contributed by atoms with Gasteiger partial charge in [0.05, 0.1) is 0 Å². The van der Waals surface area contributed by atoms with Gasteiger partial charge in [-0.25, -0.2) is 0 Å². The fourth-order valence-corrected chi connectivity index (χ4v) is 5.32. The first kappa shape index (κ1) is 30.7. The molecular weight excluding hydrogens is 534 g/mol. The molecule has 0 saturated carbocycles. The number of nitrogens with zero attached hydrogens (tertiary/aromatic N) is 2. The van der Waals surface area contributed by atoms with Crippen molar-refractivity contribution in [2.45, 2.75) is 39.4 Å². The lowest BCUT2D eigenvalue weighted by molar-refractivity contribution is 0.127. The van der Waals surface area contributed by atoms with Gasteiger partial charge in [0.15, 0.2) is 0 Å². The molecular formula is C36H45N5O2. The van der Waals surface area contributed by atoms with Crippen LogP contribution in [0.1, 0.15) is 33.4 Å². The summed E-state index contributed by atoms with van der Waals surface area (Å²) >= 11 is 0. The van der Waals surface area contributed by atoms with E-state index in [0.29, 0.717) is 26.3 Å². The monoisotopic (exact) mass is 579 g/mol. The van der Waals surface area contributed by atoms with Crippen molar-refractivity contribution >= 4 is 0 Å². The van der Waals surface area contributed by atoms with Crippen LogP contribution in [0.5, 0.6) is 11.5 Å². The lowest BCUT2D eigenvalue weighted by Gasteiger charge is -2.34. The van der Waals surface area contributed by atoms with Crippen LogP contribution in [0.15, 0.2) is 97.1 Å². The highest BCUT2D eigenvalue weighted by Crippen LogP contribution is 2.17. The van der Waals surface area contributed by atoms with E-state index in [1.807, 2.05) is 48.5 Å². The van der Waals surface area contributed by atoms with Crippen LogP contribution in [0.4, 0.5) is 0 Å². The Kier molecular flexibility index (Phi) is 11.6. The topological polar surface area (TPSA) is 89.0 Å². The van der Waals surface area contributed by atoms with Crippen LogP contribution < -0.4 is 26.3 Å². The van der Waals surface area contributed by atoms with Crippen molar-refractivity contribution < 1.29 is 9.47 Å². The summed E-state index contributed by atoms with van der Waals surface area (Å²) in [6.07, 6.45) is 0. The van der Waals surface area contributed by atoms with Crippen molar-refractivity contribution in [1.82, 2.24) is 15.1 Å². The first-order valence-corrected chi connectivity index (χ1v) is 15.3. The number of piperazine rings is 1. The highest BCUT2D eigenvalue weighted by molar-refractivity contribution is 5.30. The van der Waals surface area contributed by atoms with Crippen LogP contribution in [0.25, 0.3) is 0 Å². The minimum atomic E-state index is 0.546. The molecule has 7 heteroatoms. The lowest BCUT2D eigenvalue weighted by Crippen LogP contribution is -2.47. The molecule has 0 radical (unpaired) electrons. The lowest BCUT2D eigenvalue weighted by atomic mass is 10.1. The van der Waals surface area contributed by atoms with Crippen molar-refractivity contribution in [3.63, 3.8) is 0 Å². The average Bonchev–Trinajstić information content (AvgIpc) is 3.06. The summed E-state index contributed by atoms with van der Waals surface area (Å²) in [6.45, 7) is 10.5. The molecule has 0 unspecified atom stereocenters. The predicted molar refractivity (Wildman–Crippen MR) is 174 cm³/mol. The Labute approximate surface area is 256 Å². The maximum absolute atomic E-state index is 5.99. The molecule has 0 amide bonds.